The Morgan fingerprint density at radius 2 is 1.78 bits per heavy atom. The number of aryl methyl sites for hydroxylation is 2. The van der Waals surface area contributed by atoms with Crippen molar-refractivity contribution in [3.63, 3.8) is 0 Å². The van der Waals surface area contributed by atoms with Gasteiger partial charge in [0.1, 0.15) is 6.54 Å². The Labute approximate surface area is 161 Å². The van der Waals surface area contributed by atoms with E-state index in [1.54, 1.807) is 24.1 Å². The minimum atomic E-state index is -3.57. The number of sulfonamides is 1. The second kappa shape index (κ2) is 7.72. The Balaban J connectivity index is 1.86. The second-order valence-corrected chi connectivity index (χ2v) is 9.07. The van der Waals surface area contributed by atoms with Gasteiger partial charge in [0.15, 0.2) is 0 Å². The van der Waals surface area contributed by atoms with Gasteiger partial charge in [-0.15, -0.1) is 0 Å². The van der Waals surface area contributed by atoms with Crippen LogP contribution < -0.4 is 4.31 Å². The number of anilines is 1. The van der Waals surface area contributed by atoms with Crippen molar-refractivity contribution in [3.8, 4) is 0 Å². The molecule has 1 aliphatic rings. The highest BCUT2D eigenvalue weighted by Crippen LogP contribution is 2.33. The van der Waals surface area contributed by atoms with Crippen molar-refractivity contribution in [2.75, 3.05) is 24.2 Å². The maximum atomic E-state index is 13.0. The van der Waals surface area contributed by atoms with Crippen molar-refractivity contribution in [1.29, 1.82) is 0 Å². The Hall–Kier alpha value is -2.34. The molecular weight excluding hydrogens is 360 g/mol. The summed E-state index contributed by atoms with van der Waals surface area (Å²) in [6.07, 6.45) is 4.07. The topological polar surface area (TPSA) is 57.7 Å². The molecule has 0 radical (unpaired) electrons. The second-order valence-electron chi connectivity index (χ2n) is 7.17. The van der Waals surface area contributed by atoms with Crippen LogP contribution in [0.4, 0.5) is 5.69 Å². The van der Waals surface area contributed by atoms with E-state index in [-0.39, 0.29) is 18.5 Å². The van der Waals surface area contributed by atoms with Gasteiger partial charge in [0, 0.05) is 7.05 Å². The molecule has 0 saturated heterocycles. The van der Waals surface area contributed by atoms with E-state index >= 15 is 0 Å². The highest BCUT2D eigenvalue weighted by Gasteiger charge is 2.29. The van der Waals surface area contributed by atoms with E-state index in [4.69, 9.17) is 0 Å². The van der Waals surface area contributed by atoms with Gasteiger partial charge in [-0.3, -0.25) is 9.10 Å². The van der Waals surface area contributed by atoms with Crippen molar-refractivity contribution in [2.45, 2.75) is 32.2 Å². The number of rotatable bonds is 5. The molecule has 0 aromatic heterocycles. The Kier molecular flexibility index (Phi) is 5.56. The number of hydrogen-bond donors (Lipinski definition) is 0. The predicted molar refractivity (Wildman–Crippen MR) is 108 cm³/mol. The zero-order valence-electron chi connectivity index (χ0n) is 16.1. The van der Waals surface area contributed by atoms with Crippen LogP contribution in [-0.4, -0.2) is 39.1 Å². The first-order valence-corrected chi connectivity index (χ1v) is 11.0. The predicted octanol–water partition coefficient (Wildman–Crippen LogP) is 3.30. The van der Waals surface area contributed by atoms with Gasteiger partial charge in [0.05, 0.1) is 18.0 Å². The summed E-state index contributed by atoms with van der Waals surface area (Å²) in [5.74, 6) is -0.203. The van der Waals surface area contributed by atoms with E-state index in [0.29, 0.717) is 5.69 Å². The van der Waals surface area contributed by atoms with Crippen LogP contribution in [-0.2, 0) is 21.2 Å². The lowest BCUT2D eigenvalue weighted by Gasteiger charge is -2.35. The van der Waals surface area contributed by atoms with E-state index in [1.165, 1.54) is 15.4 Å². The molecule has 1 aliphatic carbocycles. The Morgan fingerprint density at radius 3 is 2.48 bits per heavy atom. The van der Waals surface area contributed by atoms with Crippen molar-refractivity contribution < 1.29 is 13.2 Å². The maximum absolute atomic E-state index is 13.0. The number of carbonyl (C=O) groups is 1. The van der Waals surface area contributed by atoms with Gasteiger partial charge in [0.25, 0.3) is 0 Å². The van der Waals surface area contributed by atoms with Crippen molar-refractivity contribution >= 4 is 21.6 Å². The molecule has 0 bridgehead atoms. The van der Waals surface area contributed by atoms with Crippen LogP contribution in [0.2, 0.25) is 0 Å². The third kappa shape index (κ3) is 4.16. The van der Waals surface area contributed by atoms with E-state index in [9.17, 15) is 13.2 Å². The minimum absolute atomic E-state index is 0.0132. The number of nitrogens with zero attached hydrogens (tertiary/aromatic N) is 2. The molecule has 5 nitrogen and oxygen atoms in total. The lowest BCUT2D eigenvalue weighted by Crippen LogP contribution is -2.43. The number of fused-ring (bicyclic) bond motifs is 1. The lowest BCUT2D eigenvalue weighted by molar-refractivity contribution is -0.130. The van der Waals surface area contributed by atoms with Gasteiger partial charge in [-0.1, -0.05) is 42.5 Å². The summed E-state index contributed by atoms with van der Waals surface area (Å²) in [6, 6.07) is 15.4. The quantitative estimate of drug-likeness (QED) is 0.792. The summed E-state index contributed by atoms with van der Waals surface area (Å²) in [7, 11) is -1.80. The zero-order chi connectivity index (χ0) is 19.6. The molecule has 0 heterocycles. The highest BCUT2D eigenvalue weighted by atomic mass is 32.2. The standard InChI is InChI=1S/C21H26N2O3S/c1-16-9-4-7-13-19(16)23(27(3,25)26)15-21(24)22(2)20-14-8-11-17-10-5-6-12-18(17)20/h4-7,9-10,12-13,20H,8,11,14-15H2,1-3H3/t20-/m1/s1. The highest BCUT2D eigenvalue weighted by molar-refractivity contribution is 7.92. The first-order chi connectivity index (χ1) is 12.8. The molecule has 27 heavy (non-hydrogen) atoms. The van der Waals surface area contributed by atoms with Gasteiger partial charge < -0.3 is 4.90 Å². The van der Waals surface area contributed by atoms with Gasteiger partial charge in [-0.25, -0.2) is 8.42 Å². The zero-order valence-corrected chi connectivity index (χ0v) is 16.9. The summed E-state index contributed by atoms with van der Waals surface area (Å²) >= 11 is 0. The van der Waals surface area contributed by atoms with Gasteiger partial charge >= 0.3 is 0 Å². The molecule has 0 fully saturated rings. The first kappa shape index (κ1) is 19.4. The van der Waals surface area contributed by atoms with E-state index < -0.39 is 10.0 Å². The van der Waals surface area contributed by atoms with Crippen LogP contribution in [0.1, 0.15) is 35.6 Å². The smallest absolute Gasteiger partial charge is 0.243 e. The number of para-hydroxylation sites is 1. The molecule has 144 valence electrons. The summed E-state index contributed by atoms with van der Waals surface area (Å²) in [6.45, 7) is 1.65. The van der Waals surface area contributed by atoms with Crippen LogP contribution in [0.5, 0.6) is 0 Å². The molecule has 0 saturated carbocycles. The van der Waals surface area contributed by atoms with Crippen LogP contribution in [0.25, 0.3) is 0 Å². The monoisotopic (exact) mass is 386 g/mol. The molecule has 6 heteroatoms. The van der Waals surface area contributed by atoms with E-state index in [0.717, 1.165) is 31.1 Å². The number of likely N-dealkylation sites (N-methyl/N-ethyl adjacent to an activating group) is 1. The van der Waals surface area contributed by atoms with E-state index in [1.807, 2.05) is 31.2 Å². The molecule has 3 rings (SSSR count). The Bertz CT molecular complexity index is 940. The summed E-state index contributed by atoms with van der Waals surface area (Å²) < 4.78 is 25.9. The summed E-state index contributed by atoms with van der Waals surface area (Å²) in [5, 5.41) is 0. The maximum Gasteiger partial charge on any atom is 0.243 e. The molecule has 2 aromatic rings. The molecule has 1 atom stereocenters. The molecule has 0 N–H and O–H groups in total. The Morgan fingerprint density at radius 1 is 1.11 bits per heavy atom. The van der Waals surface area contributed by atoms with Gasteiger partial charge in [0.2, 0.25) is 15.9 Å². The summed E-state index contributed by atoms with van der Waals surface area (Å²) in [4.78, 5) is 14.7. The summed E-state index contributed by atoms with van der Waals surface area (Å²) in [5.41, 5.74) is 3.81. The molecule has 0 aliphatic heterocycles. The van der Waals surface area contributed by atoms with Crippen molar-refractivity contribution in [2.24, 2.45) is 0 Å². The molecule has 0 unspecified atom stereocenters. The lowest BCUT2D eigenvalue weighted by atomic mass is 9.87. The fourth-order valence-electron chi connectivity index (χ4n) is 3.76. The first-order valence-electron chi connectivity index (χ1n) is 9.16. The largest absolute Gasteiger partial charge is 0.337 e. The fourth-order valence-corrected chi connectivity index (χ4v) is 4.67. The average molecular weight is 387 g/mol. The average Bonchev–Trinajstić information content (AvgIpc) is 2.64. The normalized spacial score (nSPS) is 16.5. The molecule has 2 aromatic carbocycles. The van der Waals surface area contributed by atoms with Crippen LogP contribution in [0.15, 0.2) is 48.5 Å². The molecular formula is C21H26N2O3S. The SMILES string of the molecule is Cc1ccccc1N(CC(=O)N(C)[C@@H]1CCCc2ccccc21)S(C)(=O)=O. The minimum Gasteiger partial charge on any atom is -0.337 e. The fraction of sp³-hybridized carbons (Fsp3) is 0.381. The number of carbonyl (C=O) groups excluding carboxylic acids is 1. The number of amides is 1. The van der Waals surface area contributed by atoms with Crippen LogP contribution in [0.3, 0.4) is 0 Å². The third-order valence-corrected chi connectivity index (χ3v) is 6.39. The van der Waals surface area contributed by atoms with Crippen molar-refractivity contribution in [3.05, 3.63) is 65.2 Å². The molecule has 1 amide bonds. The van der Waals surface area contributed by atoms with Crippen LogP contribution in [0, 0.1) is 6.92 Å². The molecule has 0 spiro atoms. The van der Waals surface area contributed by atoms with Gasteiger partial charge in [-0.05, 0) is 48.9 Å². The van der Waals surface area contributed by atoms with Crippen LogP contribution >= 0.6 is 0 Å². The number of benzene rings is 2. The number of hydrogen-bond acceptors (Lipinski definition) is 3. The third-order valence-electron chi connectivity index (χ3n) is 5.26. The van der Waals surface area contributed by atoms with Crippen molar-refractivity contribution in [1.82, 2.24) is 4.90 Å². The van der Waals surface area contributed by atoms with E-state index in [2.05, 4.69) is 12.1 Å². The van der Waals surface area contributed by atoms with Gasteiger partial charge in [-0.2, -0.15) is 0 Å².